The van der Waals surface area contributed by atoms with Crippen LogP contribution in [0, 0.1) is 0 Å². The van der Waals surface area contributed by atoms with Crippen LogP contribution in [-0.4, -0.2) is 29.5 Å². The van der Waals surface area contributed by atoms with Gasteiger partial charge in [-0.25, -0.2) is 8.78 Å². The summed E-state index contributed by atoms with van der Waals surface area (Å²) in [5.74, 6) is -2.43. The molecule has 1 saturated heterocycles. The van der Waals surface area contributed by atoms with Crippen molar-refractivity contribution >= 4 is 0 Å². The summed E-state index contributed by atoms with van der Waals surface area (Å²) in [6.45, 7) is 2.98. The van der Waals surface area contributed by atoms with E-state index in [1.54, 1.807) is 0 Å². The molecule has 3 heteroatoms. The monoisotopic (exact) mass is 189 g/mol. The first-order valence-electron chi connectivity index (χ1n) is 5.15. The number of nitrogens with zero attached hydrogens (tertiary/aromatic N) is 1. The van der Waals surface area contributed by atoms with E-state index in [4.69, 9.17) is 0 Å². The summed E-state index contributed by atoms with van der Waals surface area (Å²) in [5, 5.41) is 0. The fourth-order valence-corrected chi connectivity index (χ4v) is 2.43. The Morgan fingerprint density at radius 2 is 1.77 bits per heavy atom. The number of piperidine rings is 1. The van der Waals surface area contributed by atoms with Gasteiger partial charge in [0, 0.05) is 12.0 Å². The topological polar surface area (TPSA) is 3.24 Å². The van der Waals surface area contributed by atoms with Crippen molar-refractivity contribution in [3.63, 3.8) is 0 Å². The smallest absolute Gasteiger partial charge is 0.260 e. The first kappa shape index (κ1) is 9.38. The molecule has 0 atom stereocenters. The largest absolute Gasteiger partial charge is 0.292 e. The average molecular weight is 189 g/mol. The maximum Gasteiger partial charge on any atom is 0.260 e. The molecule has 0 bridgehead atoms. The highest BCUT2D eigenvalue weighted by Crippen LogP contribution is 2.41. The van der Waals surface area contributed by atoms with Gasteiger partial charge in [0.2, 0.25) is 0 Å². The Balaban J connectivity index is 2.00. The van der Waals surface area contributed by atoms with Crippen molar-refractivity contribution in [1.82, 2.24) is 4.90 Å². The van der Waals surface area contributed by atoms with Crippen LogP contribution in [-0.2, 0) is 0 Å². The van der Waals surface area contributed by atoms with E-state index in [1.807, 2.05) is 4.90 Å². The predicted molar refractivity (Wildman–Crippen MR) is 48.0 cm³/mol. The van der Waals surface area contributed by atoms with Crippen LogP contribution >= 0.6 is 0 Å². The Morgan fingerprint density at radius 1 is 1.08 bits per heavy atom. The highest BCUT2D eigenvalue weighted by molar-refractivity contribution is 4.97. The summed E-state index contributed by atoms with van der Waals surface area (Å²) in [6, 6.07) is 0. The number of alkyl halides is 2. The molecule has 0 N–H and O–H groups in total. The molecular formula is C10H17F2N. The average Bonchev–Trinajstić information content (AvgIpc) is 1.98. The van der Waals surface area contributed by atoms with Crippen molar-refractivity contribution in [3.05, 3.63) is 0 Å². The molecule has 13 heavy (non-hydrogen) atoms. The molecule has 1 nitrogen and oxygen atoms in total. The van der Waals surface area contributed by atoms with Crippen LogP contribution in [0.4, 0.5) is 8.78 Å². The third-order valence-corrected chi connectivity index (χ3v) is 3.59. The summed E-state index contributed by atoms with van der Waals surface area (Å²) in [4.78, 5) is 2.00. The summed E-state index contributed by atoms with van der Waals surface area (Å²) in [6.07, 6.45) is 4.15. The minimum Gasteiger partial charge on any atom is -0.292 e. The van der Waals surface area contributed by atoms with Gasteiger partial charge in [0.1, 0.15) is 0 Å². The van der Waals surface area contributed by atoms with Crippen molar-refractivity contribution in [2.75, 3.05) is 13.1 Å². The lowest BCUT2D eigenvalue weighted by molar-refractivity contribution is -0.108. The second-order valence-electron chi connectivity index (χ2n) is 4.73. The van der Waals surface area contributed by atoms with E-state index >= 15 is 0 Å². The molecule has 1 saturated carbocycles. The van der Waals surface area contributed by atoms with Crippen LogP contribution in [0.25, 0.3) is 0 Å². The molecule has 0 spiro atoms. The van der Waals surface area contributed by atoms with Gasteiger partial charge in [0.25, 0.3) is 5.92 Å². The number of hydrogen-bond acceptors (Lipinski definition) is 1. The summed E-state index contributed by atoms with van der Waals surface area (Å²) >= 11 is 0. The Kier molecular flexibility index (Phi) is 2.10. The van der Waals surface area contributed by atoms with Gasteiger partial charge in [-0.3, -0.25) is 4.90 Å². The van der Waals surface area contributed by atoms with Crippen molar-refractivity contribution in [3.8, 4) is 0 Å². The first-order valence-corrected chi connectivity index (χ1v) is 5.15. The molecule has 1 heterocycles. The van der Waals surface area contributed by atoms with E-state index in [9.17, 15) is 8.78 Å². The third-order valence-electron chi connectivity index (χ3n) is 3.59. The first-order chi connectivity index (χ1) is 6.02. The maximum atomic E-state index is 13.1. The Hall–Kier alpha value is -0.180. The lowest BCUT2D eigenvalue weighted by Crippen LogP contribution is -2.57. The van der Waals surface area contributed by atoms with E-state index < -0.39 is 5.92 Å². The minimum atomic E-state index is -2.43. The van der Waals surface area contributed by atoms with Gasteiger partial charge in [-0.1, -0.05) is 0 Å². The molecule has 2 fully saturated rings. The van der Waals surface area contributed by atoms with E-state index in [1.165, 1.54) is 6.42 Å². The lowest BCUT2D eigenvalue weighted by Gasteiger charge is -2.50. The van der Waals surface area contributed by atoms with Gasteiger partial charge >= 0.3 is 0 Å². The van der Waals surface area contributed by atoms with Gasteiger partial charge in [0.15, 0.2) is 0 Å². The zero-order valence-corrected chi connectivity index (χ0v) is 8.15. The number of hydrogen-bond donors (Lipinski definition) is 0. The molecule has 2 aliphatic rings. The normalized spacial score (nSPS) is 32.5. The number of halogens is 2. The fraction of sp³-hybridized carbons (Fsp3) is 1.00. The van der Waals surface area contributed by atoms with Gasteiger partial charge in [-0.05, 0) is 39.2 Å². The van der Waals surface area contributed by atoms with Crippen LogP contribution in [0.15, 0.2) is 0 Å². The molecule has 0 amide bonds. The number of likely N-dealkylation sites (tertiary alicyclic amines) is 1. The van der Waals surface area contributed by atoms with Crippen LogP contribution < -0.4 is 0 Å². The SMILES string of the molecule is CC1(N2CCCC(F)(F)C2)CCC1. The summed E-state index contributed by atoms with van der Waals surface area (Å²) in [7, 11) is 0. The molecule has 0 radical (unpaired) electrons. The second kappa shape index (κ2) is 2.91. The highest BCUT2D eigenvalue weighted by Gasteiger charge is 2.44. The molecule has 0 aromatic rings. The van der Waals surface area contributed by atoms with Crippen LogP contribution in [0.5, 0.6) is 0 Å². The maximum absolute atomic E-state index is 13.1. The summed E-state index contributed by atoms with van der Waals surface area (Å²) in [5.41, 5.74) is 0.101. The molecule has 0 unspecified atom stereocenters. The highest BCUT2D eigenvalue weighted by atomic mass is 19.3. The van der Waals surface area contributed by atoms with Gasteiger partial charge in [-0.15, -0.1) is 0 Å². The van der Waals surface area contributed by atoms with Crippen molar-refractivity contribution < 1.29 is 8.78 Å². The van der Waals surface area contributed by atoms with E-state index in [2.05, 4.69) is 6.92 Å². The summed E-state index contributed by atoms with van der Waals surface area (Å²) < 4.78 is 26.2. The van der Waals surface area contributed by atoms with Crippen molar-refractivity contribution in [2.45, 2.75) is 50.5 Å². The van der Waals surface area contributed by atoms with Gasteiger partial charge < -0.3 is 0 Å². The Bertz CT molecular complexity index is 199. The van der Waals surface area contributed by atoms with E-state index in [-0.39, 0.29) is 18.5 Å². The molecular weight excluding hydrogens is 172 g/mol. The molecule has 1 aliphatic heterocycles. The quantitative estimate of drug-likeness (QED) is 0.613. The van der Waals surface area contributed by atoms with Crippen molar-refractivity contribution in [2.24, 2.45) is 0 Å². The van der Waals surface area contributed by atoms with Crippen molar-refractivity contribution in [1.29, 1.82) is 0 Å². The fourth-order valence-electron chi connectivity index (χ4n) is 2.43. The predicted octanol–water partition coefficient (Wildman–Crippen LogP) is 2.66. The molecule has 76 valence electrons. The van der Waals surface area contributed by atoms with Crippen LogP contribution in [0.2, 0.25) is 0 Å². The molecule has 0 aromatic carbocycles. The van der Waals surface area contributed by atoms with Gasteiger partial charge in [0.05, 0.1) is 6.54 Å². The zero-order valence-electron chi connectivity index (χ0n) is 8.15. The molecule has 0 aromatic heterocycles. The standard InChI is InChI=1S/C10H17F2N/c1-9(4-2-5-9)13-7-3-6-10(11,12)8-13/h2-8H2,1H3. The van der Waals surface area contributed by atoms with Gasteiger partial charge in [-0.2, -0.15) is 0 Å². The molecule has 2 rings (SSSR count). The van der Waals surface area contributed by atoms with E-state index in [0.717, 1.165) is 19.4 Å². The second-order valence-corrected chi connectivity index (χ2v) is 4.73. The third kappa shape index (κ3) is 1.71. The molecule has 1 aliphatic carbocycles. The lowest BCUT2D eigenvalue weighted by atomic mass is 9.76. The number of rotatable bonds is 1. The zero-order chi connectivity index (χ0) is 9.53. The van der Waals surface area contributed by atoms with E-state index in [0.29, 0.717) is 6.42 Å². The van der Waals surface area contributed by atoms with Crippen LogP contribution in [0.3, 0.4) is 0 Å². The Morgan fingerprint density at radius 3 is 2.23 bits per heavy atom. The minimum absolute atomic E-state index is 0.0104. The Labute approximate surface area is 78.1 Å². The van der Waals surface area contributed by atoms with Crippen LogP contribution in [0.1, 0.15) is 39.0 Å².